The number of rotatable bonds is 5. The first-order valence-corrected chi connectivity index (χ1v) is 10.0. The quantitative estimate of drug-likeness (QED) is 0.453. The fourth-order valence-corrected chi connectivity index (χ4v) is 4.22. The van der Waals surface area contributed by atoms with Crippen LogP contribution in [0.1, 0.15) is 23.6 Å². The maximum Gasteiger partial charge on any atom is 0.228 e. The van der Waals surface area contributed by atoms with Gasteiger partial charge in [0.25, 0.3) is 0 Å². The third kappa shape index (κ3) is 3.76. The lowest BCUT2D eigenvalue weighted by Gasteiger charge is -2.09. The number of nitrogens with one attached hydrogen (secondary N) is 1. The topological polar surface area (TPSA) is 29.1 Å². The van der Waals surface area contributed by atoms with Crippen LogP contribution in [0, 0.1) is 5.82 Å². The van der Waals surface area contributed by atoms with E-state index < -0.39 is 0 Å². The smallest absolute Gasteiger partial charge is 0.228 e. The Morgan fingerprint density at radius 3 is 2.63 bits per heavy atom. The molecule has 27 heavy (non-hydrogen) atoms. The average Bonchev–Trinajstić information content (AvgIpc) is 3.02. The molecule has 0 saturated heterocycles. The second kappa shape index (κ2) is 7.57. The Balaban J connectivity index is 1.48. The second-order valence-electron chi connectivity index (χ2n) is 6.63. The van der Waals surface area contributed by atoms with E-state index >= 15 is 0 Å². The first-order chi connectivity index (χ1) is 13.1. The molecule has 0 saturated carbocycles. The predicted octanol–water partition coefficient (Wildman–Crippen LogP) is 5.69. The van der Waals surface area contributed by atoms with Crippen LogP contribution in [0.5, 0.6) is 0 Å². The van der Waals surface area contributed by atoms with Crippen LogP contribution in [0.2, 0.25) is 0 Å². The van der Waals surface area contributed by atoms with Crippen molar-refractivity contribution in [3.63, 3.8) is 0 Å². The average molecular weight is 377 g/mol. The molecule has 0 bridgehead atoms. The van der Waals surface area contributed by atoms with E-state index in [1.54, 1.807) is 11.8 Å². The van der Waals surface area contributed by atoms with Gasteiger partial charge in [0, 0.05) is 16.1 Å². The number of hydrogen-bond donors (Lipinski definition) is 1. The van der Waals surface area contributed by atoms with Crippen LogP contribution in [-0.4, -0.2) is 11.7 Å². The summed E-state index contributed by atoms with van der Waals surface area (Å²) in [7, 11) is 0. The summed E-state index contributed by atoms with van der Waals surface area (Å²) in [6.07, 6.45) is 0.971. The number of thioether (sulfide) groups is 1. The number of halogens is 1. The molecular formula is C23H20FNOS. The molecule has 4 heteroatoms. The first-order valence-electron chi connectivity index (χ1n) is 9.06. The second-order valence-corrected chi connectivity index (χ2v) is 7.97. The van der Waals surface area contributed by atoms with Crippen molar-refractivity contribution in [2.24, 2.45) is 0 Å². The molecule has 0 radical (unpaired) electrons. The molecule has 1 N–H and O–H groups in total. The molecule has 3 aromatic carbocycles. The Morgan fingerprint density at radius 2 is 1.85 bits per heavy atom. The number of hydrogen-bond acceptors (Lipinski definition) is 2. The summed E-state index contributed by atoms with van der Waals surface area (Å²) in [5, 5.41) is 2.84. The highest BCUT2D eigenvalue weighted by Crippen LogP contribution is 2.39. The molecule has 136 valence electrons. The fraction of sp³-hybridized carbons (Fsp3) is 0.174. The lowest BCUT2D eigenvalue weighted by Crippen LogP contribution is -2.14. The molecule has 0 spiro atoms. The number of benzene rings is 3. The van der Waals surface area contributed by atoms with E-state index in [9.17, 15) is 9.18 Å². The van der Waals surface area contributed by atoms with Gasteiger partial charge in [0.2, 0.25) is 5.91 Å². The van der Waals surface area contributed by atoms with Gasteiger partial charge in [-0.25, -0.2) is 4.39 Å². The predicted molar refractivity (Wildman–Crippen MR) is 110 cm³/mol. The zero-order valence-electron chi connectivity index (χ0n) is 15.1. The molecule has 1 aliphatic carbocycles. The summed E-state index contributed by atoms with van der Waals surface area (Å²) in [5.74, 6) is 0.600. The summed E-state index contributed by atoms with van der Waals surface area (Å²) in [6.45, 7) is 2.11. The maximum absolute atomic E-state index is 14.7. The van der Waals surface area contributed by atoms with Gasteiger partial charge >= 0.3 is 0 Å². The zero-order valence-corrected chi connectivity index (χ0v) is 15.9. The maximum atomic E-state index is 14.7. The van der Waals surface area contributed by atoms with E-state index in [4.69, 9.17) is 0 Å². The van der Waals surface area contributed by atoms with Gasteiger partial charge < -0.3 is 5.32 Å². The van der Waals surface area contributed by atoms with Crippen molar-refractivity contribution in [2.45, 2.75) is 24.7 Å². The van der Waals surface area contributed by atoms with Crippen LogP contribution >= 0.6 is 11.8 Å². The van der Waals surface area contributed by atoms with Crippen LogP contribution in [0.3, 0.4) is 0 Å². The number of carbonyl (C=O) groups is 1. The largest absolute Gasteiger partial charge is 0.326 e. The van der Waals surface area contributed by atoms with E-state index in [0.29, 0.717) is 17.7 Å². The van der Waals surface area contributed by atoms with Gasteiger partial charge in [-0.05, 0) is 58.7 Å². The van der Waals surface area contributed by atoms with Crippen molar-refractivity contribution in [3.05, 3.63) is 83.2 Å². The van der Waals surface area contributed by atoms with Crippen molar-refractivity contribution >= 4 is 23.4 Å². The van der Waals surface area contributed by atoms with Crippen LogP contribution in [0.4, 0.5) is 10.1 Å². The van der Waals surface area contributed by atoms with E-state index in [-0.39, 0.29) is 18.1 Å². The number of carbonyl (C=O) groups excluding carboxylic acids is 1. The van der Waals surface area contributed by atoms with E-state index in [1.807, 2.05) is 54.6 Å². The Labute approximate surface area is 162 Å². The summed E-state index contributed by atoms with van der Waals surface area (Å²) in [5.41, 5.74) is 5.12. The molecule has 0 fully saturated rings. The Kier molecular flexibility index (Phi) is 4.99. The minimum atomic E-state index is -0.284. The summed E-state index contributed by atoms with van der Waals surface area (Å²) >= 11 is 1.77. The van der Waals surface area contributed by atoms with Crippen molar-refractivity contribution in [2.75, 3.05) is 11.1 Å². The lowest BCUT2D eigenvalue weighted by atomic mass is 10.0. The molecule has 0 aromatic heterocycles. The standard InChI is InChI=1S/C23H20FNOS/c1-2-27-19-9-7-15(8-10-19)11-22(26)25-18-13-17-12-16-5-3-4-6-20(16)23(17)21(24)14-18/h3-10,13-14H,2,11-12H2,1H3,(H,25,26). The van der Waals surface area contributed by atoms with Crippen LogP contribution in [0.25, 0.3) is 11.1 Å². The molecule has 0 heterocycles. The number of amides is 1. The summed E-state index contributed by atoms with van der Waals surface area (Å²) < 4.78 is 14.7. The normalized spacial score (nSPS) is 11.8. The molecule has 0 unspecified atom stereocenters. The summed E-state index contributed by atoms with van der Waals surface area (Å²) in [6, 6.07) is 19.2. The minimum absolute atomic E-state index is 0.138. The van der Waals surface area contributed by atoms with E-state index in [1.165, 1.54) is 11.0 Å². The summed E-state index contributed by atoms with van der Waals surface area (Å²) in [4.78, 5) is 13.6. The molecule has 4 rings (SSSR count). The van der Waals surface area contributed by atoms with Gasteiger partial charge in [0.1, 0.15) is 5.82 Å². The van der Waals surface area contributed by atoms with Crippen LogP contribution in [-0.2, 0) is 17.6 Å². The Hall–Kier alpha value is -2.59. The SMILES string of the molecule is CCSc1ccc(CC(=O)Nc2cc(F)c3c(c2)Cc2ccccc2-3)cc1. The van der Waals surface area contributed by atoms with Gasteiger partial charge in [-0.1, -0.05) is 43.3 Å². The lowest BCUT2D eigenvalue weighted by molar-refractivity contribution is -0.115. The van der Waals surface area contributed by atoms with Crippen molar-refractivity contribution in [1.29, 1.82) is 0 Å². The van der Waals surface area contributed by atoms with Gasteiger partial charge in [-0.2, -0.15) is 0 Å². The monoisotopic (exact) mass is 377 g/mol. The van der Waals surface area contributed by atoms with E-state index in [2.05, 4.69) is 12.2 Å². The molecule has 0 atom stereocenters. The fourth-order valence-electron chi connectivity index (χ4n) is 3.56. The highest BCUT2D eigenvalue weighted by Gasteiger charge is 2.22. The molecular weight excluding hydrogens is 357 g/mol. The van der Waals surface area contributed by atoms with Crippen LogP contribution in [0.15, 0.2) is 65.6 Å². The number of anilines is 1. The number of fused-ring (bicyclic) bond motifs is 3. The minimum Gasteiger partial charge on any atom is -0.326 e. The highest BCUT2D eigenvalue weighted by molar-refractivity contribution is 7.99. The van der Waals surface area contributed by atoms with Crippen molar-refractivity contribution in [3.8, 4) is 11.1 Å². The zero-order chi connectivity index (χ0) is 18.8. The molecule has 1 aliphatic rings. The van der Waals surface area contributed by atoms with Gasteiger partial charge in [0.15, 0.2) is 0 Å². The van der Waals surface area contributed by atoms with Crippen molar-refractivity contribution in [1.82, 2.24) is 0 Å². The van der Waals surface area contributed by atoms with Gasteiger partial charge in [0.05, 0.1) is 6.42 Å². The molecule has 0 aliphatic heterocycles. The Morgan fingerprint density at radius 1 is 1.07 bits per heavy atom. The highest BCUT2D eigenvalue weighted by atomic mass is 32.2. The van der Waals surface area contributed by atoms with Crippen LogP contribution < -0.4 is 5.32 Å². The third-order valence-corrected chi connectivity index (χ3v) is 5.62. The van der Waals surface area contributed by atoms with Gasteiger partial charge in [-0.15, -0.1) is 11.8 Å². The third-order valence-electron chi connectivity index (χ3n) is 4.72. The molecule has 2 nitrogen and oxygen atoms in total. The van der Waals surface area contributed by atoms with Crippen molar-refractivity contribution < 1.29 is 9.18 Å². The van der Waals surface area contributed by atoms with Gasteiger partial charge in [-0.3, -0.25) is 4.79 Å². The molecule has 3 aromatic rings. The molecule has 1 amide bonds. The Bertz CT molecular complexity index is 998. The van der Waals surface area contributed by atoms with E-state index in [0.717, 1.165) is 28.0 Å². The first kappa shape index (κ1) is 17.8.